The molecule has 174 valence electrons. The maximum atomic E-state index is 11.8. The zero-order valence-corrected chi connectivity index (χ0v) is 21.1. The number of ether oxygens (including phenoxy) is 2. The summed E-state index contributed by atoms with van der Waals surface area (Å²) in [4.78, 5) is 11.8. The number of rotatable bonds is 14. The Morgan fingerprint density at radius 1 is 1.00 bits per heavy atom. The van der Waals surface area contributed by atoms with Gasteiger partial charge in [-0.05, 0) is 70.8 Å². The average molecular weight is 494 g/mol. The molecule has 0 spiro atoms. The topological polar surface area (TPSA) is 35.5 Å². The van der Waals surface area contributed by atoms with Crippen LogP contribution in [0.2, 0.25) is 0 Å². The standard InChI is InChI=1S/C27H41BrO3/c1-3-5-7-9-19-30-27(29)18-16-23-15-17-26(25(28)20-23)31-21-24-13-11-22(12-14-24)10-8-6-4-2/h15-18,20,22,24H,3-14,19,21H2,1-2H3/b18-16+. The molecule has 0 aromatic heterocycles. The lowest BCUT2D eigenvalue weighted by Crippen LogP contribution is -2.20. The van der Waals surface area contributed by atoms with Crippen LogP contribution >= 0.6 is 15.9 Å². The van der Waals surface area contributed by atoms with E-state index in [4.69, 9.17) is 9.47 Å². The second kappa shape index (κ2) is 15.5. The SMILES string of the molecule is CCCCCCOC(=O)/C=C/c1ccc(OCC2CCC(CCCCC)CC2)c(Br)c1. The molecule has 1 aliphatic carbocycles. The van der Waals surface area contributed by atoms with Crippen molar-refractivity contribution in [1.82, 2.24) is 0 Å². The summed E-state index contributed by atoms with van der Waals surface area (Å²) >= 11 is 3.61. The second-order valence-corrected chi connectivity index (χ2v) is 9.80. The predicted octanol–water partition coefficient (Wildman–Crippen LogP) is 8.35. The third kappa shape index (κ3) is 10.7. The summed E-state index contributed by atoms with van der Waals surface area (Å²) in [5.74, 6) is 2.20. The molecule has 1 aromatic carbocycles. The molecule has 0 bridgehead atoms. The van der Waals surface area contributed by atoms with E-state index in [-0.39, 0.29) is 5.97 Å². The number of carbonyl (C=O) groups excluding carboxylic acids is 1. The van der Waals surface area contributed by atoms with Crippen LogP contribution in [0.3, 0.4) is 0 Å². The Bertz CT molecular complexity index is 662. The maximum Gasteiger partial charge on any atom is 0.330 e. The lowest BCUT2D eigenvalue weighted by Gasteiger charge is -2.28. The van der Waals surface area contributed by atoms with E-state index < -0.39 is 0 Å². The third-order valence-electron chi connectivity index (χ3n) is 6.27. The Labute approximate surface area is 198 Å². The van der Waals surface area contributed by atoms with Gasteiger partial charge >= 0.3 is 5.97 Å². The molecule has 0 heterocycles. The highest BCUT2D eigenvalue weighted by Crippen LogP contribution is 2.33. The van der Waals surface area contributed by atoms with Crippen molar-refractivity contribution in [2.45, 2.75) is 90.9 Å². The van der Waals surface area contributed by atoms with Crippen LogP contribution in [-0.4, -0.2) is 19.2 Å². The van der Waals surface area contributed by atoms with Crippen molar-refractivity contribution >= 4 is 28.0 Å². The van der Waals surface area contributed by atoms with Crippen molar-refractivity contribution < 1.29 is 14.3 Å². The predicted molar refractivity (Wildman–Crippen MR) is 133 cm³/mol. The Balaban J connectivity index is 1.69. The van der Waals surface area contributed by atoms with Crippen molar-refractivity contribution in [3.8, 4) is 5.75 Å². The molecule has 0 radical (unpaired) electrons. The monoisotopic (exact) mass is 492 g/mol. The van der Waals surface area contributed by atoms with Crippen LogP contribution in [0, 0.1) is 11.8 Å². The number of hydrogen-bond acceptors (Lipinski definition) is 3. The smallest absolute Gasteiger partial charge is 0.330 e. The molecule has 1 aliphatic rings. The van der Waals surface area contributed by atoms with Gasteiger partial charge in [-0.2, -0.15) is 0 Å². The Kier molecular flexibility index (Phi) is 13.0. The fourth-order valence-corrected chi connectivity index (χ4v) is 4.74. The maximum absolute atomic E-state index is 11.8. The second-order valence-electron chi connectivity index (χ2n) is 8.94. The Morgan fingerprint density at radius 2 is 1.71 bits per heavy atom. The highest BCUT2D eigenvalue weighted by atomic mass is 79.9. The van der Waals surface area contributed by atoms with Crippen LogP contribution in [0.25, 0.3) is 6.08 Å². The van der Waals surface area contributed by atoms with Gasteiger partial charge in [0.2, 0.25) is 0 Å². The van der Waals surface area contributed by atoms with Crippen molar-refractivity contribution in [2.24, 2.45) is 11.8 Å². The highest BCUT2D eigenvalue weighted by molar-refractivity contribution is 9.10. The summed E-state index contributed by atoms with van der Waals surface area (Å²) in [6.45, 7) is 5.74. The molecule has 0 unspecified atom stereocenters. The van der Waals surface area contributed by atoms with E-state index >= 15 is 0 Å². The Morgan fingerprint density at radius 3 is 2.42 bits per heavy atom. The summed E-state index contributed by atoms with van der Waals surface area (Å²) in [5.41, 5.74) is 0.953. The van der Waals surface area contributed by atoms with Crippen LogP contribution in [0.1, 0.15) is 96.5 Å². The number of halogens is 1. The zero-order valence-electron chi connectivity index (χ0n) is 19.5. The third-order valence-corrected chi connectivity index (χ3v) is 6.89. The quantitative estimate of drug-likeness (QED) is 0.148. The van der Waals surface area contributed by atoms with E-state index in [1.54, 1.807) is 6.08 Å². The van der Waals surface area contributed by atoms with Gasteiger partial charge in [0, 0.05) is 6.08 Å². The molecule has 1 aromatic rings. The van der Waals surface area contributed by atoms with Gasteiger partial charge in [0.1, 0.15) is 5.75 Å². The summed E-state index contributed by atoms with van der Waals surface area (Å²) < 4.78 is 12.3. The number of esters is 1. The first-order chi connectivity index (χ1) is 15.1. The van der Waals surface area contributed by atoms with Crippen LogP contribution in [-0.2, 0) is 9.53 Å². The molecular weight excluding hydrogens is 452 g/mol. The summed E-state index contributed by atoms with van der Waals surface area (Å²) in [6, 6.07) is 5.96. The highest BCUT2D eigenvalue weighted by Gasteiger charge is 2.21. The lowest BCUT2D eigenvalue weighted by atomic mass is 9.80. The fourth-order valence-electron chi connectivity index (χ4n) is 4.23. The molecule has 0 atom stereocenters. The van der Waals surface area contributed by atoms with Crippen LogP contribution in [0.4, 0.5) is 0 Å². The fraction of sp³-hybridized carbons (Fsp3) is 0.667. The van der Waals surface area contributed by atoms with Gasteiger partial charge in [0.25, 0.3) is 0 Å². The van der Waals surface area contributed by atoms with E-state index in [1.807, 2.05) is 18.2 Å². The van der Waals surface area contributed by atoms with Gasteiger partial charge in [0.05, 0.1) is 17.7 Å². The van der Waals surface area contributed by atoms with Crippen molar-refractivity contribution in [3.63, 3.8) is 0 Å². The Hall–Kier alpha value is -1.29. The van der Waals surface area contributed by atoms with Gasteiger partial charge in [-0.25, -0.2) is 4.79 Å². The van der Waals surface area contributed by atoms with Crippen LogP contribution < -0.4 is 4.74 Å². The van der Waals surface area contributed by atoms with Gasteiger partial charge in [-0.3, -0.25) is 0 Å². The van der Waals surface area contributed by atoms with Gasteiger partial charge < -0.3 is 9.47 Å². The molecule has 0 N–H and O–H groups in total. The molecule has 0 amide bonds. The molecule has 0 saturated heterocycles. The van der Waals surface area contributed by atoms with E-state index in [1.165, 1.54) is 70.3 Å². The van der Waals surface area contributed by atoms with E-state index in [9.17, 15) is 4.79 Å². The molecule has 3 nitrogen and oxygen atoms in total. The largest absolute Gasteiger partial charge is 0.492 e. The van der Waals surface area contributed by atoms with E-state index in [0.29, 0.717) is 12.5 Å². The van der Waals surface area contributed by atoms with Crippen molar-refractivity contribution in [3.05, 3.63) is 34.3 Å². The number of unbranched alkanes of at least 4 members (excludes halogenated alkanes) is 5. The number of benzene rings is 1. The summed E-state index contributed by atoms with van der Waals surface area (Å²) in [5, 5.41) is 0. The normalized spacial score (nSPS) is 18.9. The first-order valence-corrected chi connectivity index (χ1v) is 13.2. The summed E-state index contributed by atoms with van der Waals surface area (Å²) in [7, 11) is 0. The number of carbonyl (C=O) groups is 1. The summed E-state index contributed by atoms with van der Waals surface area (Å²) in [6.07, 6.45) is 18.5. The molecular formula is C27H41BrO3. The molecule has 31 heavy (non-hydrogen) atoms. The van der Waals surface area contributed by atoms with E-state index in [2.05, 4.69) is 29.8 Å². The number of hydrogen-bond donors (Lipinski definition) is 0. The van der Waals surface area contributed by atoms with Crippen molar-refractivity contribution in [2.75, 3.05) is 13.2 Å². The van der Waals surface area contributed by atoms with E-state index in [0.717, 1.165) is 41.2 Å². The first-order valence-electron chi connectivity index (χ1n) is 12.4. The molecule has 1 saturated carbocycles. The minimum Gasteiger partial charge on any atom is -0.492 e. The van der Waals surface area contributed by atoms with Gasteiger partial charge in [-0.1, -0.05) is 77.7 Å². The van der Waals surface area contributed by atoms with Gasteiger partial charge in [-0.15, -0.1) is 0 Å². The van der Waals surface area contributed by atoms with Crippen molar-refractivity contribution in [1.29, 1.82) is 0 Å². The van der Waals surface area contributed by atoms with Gasteiger partial charge in [0.15, 0.2) is 0 Å². The minimum atomic E-state index is -0.279. The molecule has 4 heteroatoms. The zero-order chi connectivity index (χ0) is 22.3. The van der Waals surface area contributed by atoms with Crippen LogP contribution in [0.5, 0.6) is 5.75 Å². The first kappa shape index (κ1) is 26.0. The molecule has 2 rings (SSSR count). The van der Waals surface area contributed by atoms with Crippen LogP contribution in [0.15, 0.2) is 28.7 Å². The lowest BCUT2D eigenvalue weighted by molar-refractivity contribution is -0.137. The average Bonchev–Trinajstić information content (AvgIpc) is 2.78. The minimum absolute atomic E-state index is 0.279. The molecule has 0 aliphatic heterocycles. The molecule has 1 fully saturated rings.